The summed E-state index contributed by atoms with van der Waals surface area (Å²) in [6.07, 6.45) is -1.03. The van der Waals surface area contributed by atoms with Gasteiger partial charge in [0.25, 0.3) is 0 Å². The van der Waals surface area contributed by atoms with Crippen molar-refractivity contribution < 1.29 is 55.8 Å². The number of carbonyl (C=O) groups excluding carboxylic acids is 4. The molecule has 2 aromatic rings. The van der Waals surface area contributed by atoms with E-state index in [4.69, 9.17) is 5.11 Å². The molecule has 0 fully saturated rings. The van der Waals surface area contributed by atoms with E-state index < -0.39 is 89.4 Å². The number of benzene rings is 2. The zero-order valence-corrected chi connectivity index (χ0v) is 19.4. The Morgan fingerprint density at radius 1 is 0.895 bits per heavy atom. The predicted octanol–water partition coefficient (Wildman–Crippen LogP) is 1.11. The Bertz CT molecular complexity index is 1210. The maximum absolute atomic E-state index is 13.7. The quantitative estimate of drug-likeness (QED) is 0.188. The van der Waals surface area contributed by atoms with Crippen molar-refractivity contribution in [2.75, 3.05) is 6.61 Å². The van der Waals surface area contributed by atoms with E-state index in [0.717, 1.165) is 19.1 Å². The van der Waals surface area contributed by atoms with Gasteiger partial charge in [0.2, 0.25) is 17.5 Å². The number of carbonyl (C=O) groups is 5. The zero-order chi connectivity index (χ0) is 28.6. The van der Waals surface area contributed by atoms with E-state index >= 15 is 0 Å². The summed E-state index contributed by atoms with van der Waals surface area (Å²) in [5.74, 6) is -16.0. The molecule has 204 valence electrons. The topological polar surface area (TPSA) is 151 Å². The second-order valence-electron chi connectivity index (χ2n) is 7.72. The van der Waals surface area contributed by atoms with E-state index in [9.17, 15) is 45.9 Å². The fourth-order valence-corrected chi connectivity index (χ4v) is 2.83. The van der Waals surface area contributed by atoms with Gasteiger partial charge >= 0.3 is 17.8 Å². The molecule has 4 N–H and O–H groups in total. The van der Waals surface area contributed by atoms with Crippen molar-refractivity contribution in [1.29, 1.82) is 0 Å². The van der Waals surface area contributed by atoms with Crippen molar-refractivity contribution in [1.82, 2.24) is 16.0 Å². The number of amides is 3. The van der Waals surface area contributed by atoms with Gasteiger partial charge in [0.1, 0.15) is 24.5 Å². The van der Waals surface area contributed by atoms with Crippen LogP contribution in [0.25, 0.3) is 0 Å². The van der Waals surface area contributed by atoms with Crippen LogP contribution in [0.5, 0.6) is 5.75 Å². The van der Waals surface area contributed by atoms with Gasteiger partial charge in [0.15, 0.2) is 23.2 Å². The molecule has 10 nitrogen and oxygen atoms in total. The number of Topliss-reactive ketones (excluding diaryl/α,β-unsaturated/α-hetero) is 1. The molecule has 3 amide bonds. The van der Waals surface area contributed by atoms with Crippen molar-refractivity contribution in [2.24, 2.45) is 0 Å². The molecular weight excluding hydrogens is 525 g/mol. The first-order valence-corrected chi connectivity index (χ1v) is 10.6. The fraction of sp³-hybridized carbons (Fsp3) is 0.261. The molecule has 0 aromatic heterocycles. The summed E-state index contributed by atoms with van der Waals surface area (Å²) in [6, 6.07) is 1.58. The van der Waals surface area contributed by atoms with Gasteiger partial charge in [-0.1, -0.05) is 12.1 Å². The number of carboxylic acid groups (broad SMARTS) is 1. The zero-order valence-electron chi connectivity index (χ0n) is 19.4. The summed E-state index contributed by atoms with van der Waals surface area (Å²) in [6.45, 7) is -0.334. The van der Waals surface area contributed by atoms with Crippen LogP contribution in [0.3, 0.4) is 0 Å². The molecule has 0 aliphatic carbocycles. The number of aliphatic carboxylic acids is 1. The lowest BCUT2D eigenvalue weighted by Crippen LogP contribution is -2.53. The molecule has 15 heteroatoms. The second kappa shape index (κ2) is 13.1. The normalized spacial score (nSPS) is 12.2. The molecular formula is C23H20F5N3O7. The summed E-state index contributed by atoms with van der Waals surface area (Å²) in [5.41, 5.74) is 0.469. The summed E-state index contributed by atoms with van der Waals surface area (Å²) in [5, 5.41) is 15.2. The summed E-state index contributed by atoms with van der Waals surface area (Å²) in [7, 11) is 0. The summed E-state index contributed by atoms with van der Waals surface area (Å²) < 4.78 is 71.4. The van der Waals surface area contributed by atoms with E-state index in [1.165, 1.54) is 12.1 Å². The van der Waals surface area contributed by atoms with E-state index in [-0.39, 0.29) is 12.6 Å². The molecule has 2 aromatic carbocycles. The first kappa shape index (κ1) is 29.7. The molecule has 0 radical (unpaired) electrons. The van der Waals surface area contributed by atoms with Crippen molar-refractivity contribution in [3.8, 4) is 5.75 Å². The van der Waals surface area contributed by atoms with Crippen molar-refractivity contribution >= 4 is 29.5 Å². The number of hydrogen-bond donors (Lipinski definition) is 4. The van der Waals surface area contributed by atoms with Crippen LogP contribution in [0.1, 0.15) is 18.9 Å². The van der Waals surface area contributed by atoms with Gasteiger partial charge in [-0.3, -0.25) is 24.0 Å². The summed E-state index contributed by atoms with van der Waals surface area (Å²) in [4.78, 5) is 59.8. The third-order valence-corrected chi connectivity index (χ3v) is 4.83. The van der Waals surface area contributed by atoms with Crippen molar-refractivity contribution in [3.05, 3.63) is 65.0 Å². The minimum atomic E-state index is -1.94. The number of carboxylic acids is 1. The highest BCUT2D eigenvalue weighted by molar-refractivity contribution is 6.35. The van der Waals surface area contributed by atoms with Crippen LogP contribution >= 0.6 is 0 Å². The van der Waals surface area contributed by atoms with E-state index in [1.54, 1.807) is 0 Å². The number of halogens is 5. The minimum absolute atomic E-state index is 0.0917. The van der Waals surface area contributed by atoms with Gasteiger partial charge < -0.3 is 25.8 Å². The Kier molecular flexibility index (Phi) is 10.2. The Morgan fingerprint density at radius 3 is 2.03 bits per heavy atom. The first-order chi connectivity index (χ1) is 17.8. The molecule has 0 spiro atoms. The maximum atomic E-state index is 13.7. The number of ether oxygens (including phenoxy) is 1. The Morgan fingerprint density at radius 2 is 1.47 bits per heavy atom. The van der Waals surface area contributed by atoms with Gasteiger partial charge in [0, 0.05) is 12.6 Å². The van der Waals surface area contributed by atoms with Gasteiger partial charge in [-0.05, 0) is 24.6 Å². The standard InChI is InChI=1S/C23H20F5N3O7/c1-10(30-23(37)22(36)29-8-11-2-4-12(24)5-3-11)21(35)31-15(7-17(33)34)16(32)9-38-20-18(27)13(25)6-14(26)19(20)28/h2-6,10,15H,7-9H2,1H3,(H,29,36)(H,30,37)(H,31,35)(H,33,34)/t10-,15-/m0/s1. The molecule has 2 rings (SSSR count). The SMILES string of the molecule is C[C@H](NC(=O)C(=O)NCc1ccc(F)cc1)C(=O)N[C@@H](CC(=O)O)C(=O)COc1c(F)c(F)cc(F)c1F. The lowest BCUT2D eigenvalue weighted by atomic mass is 10.1. The number of rotatable bonds is 11. The smallest absolute Gasteiger partial charge is 0.309 e. The van der Waals surface area contributed by atoms with Crippen LogP contribution < -0.4 is 20.7 Å². The number of nitrogens with one attached hydrogen (secondary N) is 3. The fourth-order valence-electron chi connectivity index (χ4n) is 2.83. The highest BCUT2D eigenvalue weighted by Crippen LogP contribution is 2.26. The van der Waals surface area contributed by atoms with Crippen LogP contribution in [-0.2, 0) is 30.5 Å². The van der Waals surface area contributed by atoms with Gasteiger partial charge in [-0.15, -0.1) is 0 Å². The molecule has 38 heavy (non-hydrogen) atoms. The van der Waals surface area contributed by atoms with E-state index in [1.807, 2.05) is 10.6 Å². The molecule has 0 aliphatic heterocycles. The highest BCUT2D eigenvalue weighted by Gasteiger charge is 2.29. The molecule has 0 saturated carbocycles. The van der Waals surface area contributed by atoms with E-state index in [0.29, 0.717) is 5.56 Å². The second-order valence-corrected chi connectivity index (χ2v) is 7.72. The number of ketones is 1. The highest BCUT2D eigenvalue weighted by atomic mass is 19.2. The minimum Gasteiger partial charge on any atom is -0.481 e. The third kappa shape index (κ3) is 8.25. The average molecular weight is 545 g/mol. The van der Waals surface area contributed by atoms with Crippen LogP contribution in [0.2, 0.25) is 0 Å². The molecule has 2 atom stereocenters. The molecule has 0 saturated heterocycles. The Balaban J connectivity index is 1.97. The average Bonchev–Trinajstić information content (AvgIpc) is 2.85. The predicted molar refractivity (Wildman–Crippen MR) is 117 cm³/mol. The number of hydrogen-bond acceptors (Lipinski definition) is 6. The van der Waals surface area contributed by atoms with Crippen LogP contribution in [0, 0.1) is 29.1 Å². The van der Waals surface area contributed by atoms with Crippen molar-refractivity contribution in [2.45, 2.75) is 32.0 Å². The Labute approximate surface area is 211 Å². The monoisotopic (exact) mass is 545 g/mol. The van der Waals surface area contributed by atoms with Crippen LogP contribution in [0.15, 0.2) is 30.3 Å². The largest absolute Gasteiger partial charge is 0.481 e. The molecule has 0 bridgehead atoms. The maximum Gasteiger partial charge on any atom is 0.309 e. The van der Waals surface area contributed by atoms with Crippen LogP contribution in [0.4, 0.5) is 22.0 Å². The summed E-state index contributed by atoms with van der Waals surface area (Å²) >= 11 is 0. The van der Waals surface area contributed by atoms with Crippen LogP contribution in [-0.4, -0.2) is 53.3 Å². The van der Waals surface area contributed by atoms with Gasteiger partial charge in [0.05, 0.1) is 6.42 Å². The van der Waals surface area contributed by atoms with Gasteiger partial charge in [-0.2, -0.15) is 8.78 Å². The third-order valence-electron chi connectivity index (χ3n) is 4.83. The molecule has 0 heterocycles. The molecule has 0 unspecified atom stereocenters. The lowest BCUT2D eigenvalue weighted by Gasteiger charge is -2.20. The van der Waals surface area contributed by atoms with E-state index in [2.05, 4.69) is 10.1 Å². The lowest BCUT2D eigenvalue weighted by molar-refractivity contribution is -0.142. The van der Waals surface area contributed by atoms with Crippen molar-refractivity contribution in [3.63, 3.8) is 0 Å². The van der Waals surface area contributed by atoms with Gasteiger partial charge in [-0.25, -0.2) is 13.2 Å². The first-order valence-electron chi connectivity index (χ1n) is 10.6. The Hall–Kier alpha value is -4.56. The molecule has 0 aliphatic rings.